The maximum Gasteiger partial charge on any atom is 0.240 e. The van der Waals surface area contributed by atoms with E-state index in [0.717, 1.165) is 19.5 Å². The molecule has 0 aliphatic carbocycles. The highest BCUT2D eigenvalue weighted by Gasteiger charge is 2.13. The summed E-state index contributed by atoms with van der Waals surface area (Å²) < 4.78 is 26.9. The molecular formula is C19H36IN5O2S. The summed E-state index contributed by atoms with van der Waals surface area (Å²) in [5, 5.41) is 6.39. The number of halogens is 1. The van der Waals surface area contributed by atoms with E-state index in [-0.39, 0.29) is 35.4 Å². The van der Waals surface area contributed by atoms with E-state index in [9.17, 15) is 8.42 Å². The molecule has 1 aromatic carbocycles. The normalized spacial score (nSPS) is 12.4. The fourth-order valence-electron chi connectivity index (χ4n) is 2.85. The van der Waals surface area contributed by atoms with Gasteiger partial charge in [0.25, 0.3) is 0 Å². The van der Waals surface area contributed by atoms with Gasteiger partial charge in [0.15, 0.2) is 5.96 Å². The predicted molar refractivity (Wildman–Crippen MR) is 128 cm³/mol. The van der Waals surface area contributed by atoms with Crippen molar-refractivity contribution < 1.29 is 8.42 Å². The third-order valence-corrected chi connectivity index (χ3v) is 5.68. The monoisotopic (exact) mass is 525 g/mol. The van der Waals surface area contributed by atoms with Crippen LogP contribution in [0.2, 0.25) is 0 Å². The van der Waals surface area contributed by atoms with Crippen molar-refractivity contribution in [2.45, 2.75) is 51.1 Å². The molecule has 0 atom stereocenters. The summed E-state index contributed by atoms with van der Waals surface area (Å²) in [6.45, 7) is 11.4. The molecule has 0 fully saturated rings. The van der Waals surface area contributed by atoms with Gasteiger partial charge in [-0.15, -0.1) is 24.0 Å². The van der Waals surface area contributed by atoms with Crippen LogP contribution in [0.25, 0.3) is 0 Å². The van der Waals surface area contributed by atoms with E-state index < -0.39 is 10.0 Å². The molecule has 0 radical (unpaired) electrons. The van der Waals surface area contributed by atoms with Crippen LogP contribution < -0.4 is 15.4 Å². The minimum atomic E-state index is -3.47. The van der Waals surface area contributed by atoms with Crippen molar-refractivity contribution in [2.24, 2.45) is 4.99 Å². The highest BCUT2D eigenvalue weighted by molar-refractivity contribution is 14.0. The van der Waals surface area contributed by atoms with Crippen molar-refractivity contribution in [2.75, 3.05) is 33.2 Å². The number of nitrogens with zero attached hydrogens (tertiary/aromatic N) is 2. The van der Waals surface area contributed by atoms with Crippen LogP contribution in [0.3, 0.4) is 0 Å². The smallest absolute Gasteiger partial charge is 0.240 e. The van der Waals surface area contributed by atoms with E-state index in [2.05, 4.69) is 52.9 Å². The Morgan fingerprint density at radius 1 is 1.00 bits per heavy atom. The zero-order valence-electron chi connectivity index (χ0n) is 17.6. The predicted octanol–water partition coefficient (Wildman–Crippen LogP) is 2.26. The minimum Gasteiger partial charge on any atom is -0.356 e. The van der Waals surface area contributed by atoms with Gasteiger partial charge < -0.3 is 10.6 Å². The Kier molecular flexibility index (Phi) is 13.7. The SMILES string of the molecule is CN=C(NCCCN(C(C)C)C(C)C)NCCNS(=O)(=O)c1ccccc1.I. The van der Waals surface area contributed by atoms with Gasteiger partial charge in [0.1, 0.15) is 0 Å². The van der Waals surface area contributed by atoms with Crippen LogP contribution in [0.5, 0.6) is 0 Å². The third-order valence-electron chi connectivity index (χ3n) is 4.20. The number of guanidine groups is 1. The van der Waals surface area contributed by atoms with Crippen LogP contribution in [-0.4, -0.2) is 64.6 Å². The molecule has 9 heteroatoms. The average molecular weight is 526 g/mol. The van der Waals surface area contributed by atoms with Crippen LogP contribution in [-0.2, 0) is 10.0 Å². The second-order valence-electron chi connectivity index (χ2n) is 6.92. The molecule has 1 rings (SSSR count). The number of aliphatic imine (C=N–C) groups is 1. The molecule has 0 bridgehead atoms. The molecule has 0 aromatic heterocycles. The number of sulfonamides is 1. The van der Waals surface area contributed by atoms with Crippen molar-refractivity contribution in [3.8, 4) is 0 Å². The molecule has 0 amide bonds. The second kappa shape index (κ2) is 14.1. The Hall–Kier alpha value is -0.910. The van der Waals surface area contributed by atoms with E-state index in [1.807, 2.05) is 0 Å². The lowest BCUT2D eigenvalue weighted by atomic mass is 10.2. The number of hydrogen-bond donors (Lipinski definition) is 3. The van der Waals surface area contributed by atoms with Gasteiger partial charge >= 0.3 is 0 Å². The standard InChI is InChI=1S/C19H35N5O2S.HI/c1-16(2)24(17(3)4)15-9-12-21-19(20-5)22-13-14-23-27(25,26)18-10-7-6-8-11-18;/h6-8,10-11,16-17,23H,9,12-15H2,1-5H3,(H2,20,21,22);1H. The number of rotatable bonds is 11. The molecule has 0 spiro atoms. The number of nitrogens with one attached hydrogen (secondary N) is 3. The first-order chi connectivity index (χ1) is 12.8. The van der Waals surface area contributed by atoms with E-state index in [1.54, 1.807) is 37.4 Å². The topological polar surface area (TPSA) is 85.8 Å². The zero-order chi connectivity index (χ0) is 20.3. The van der Waals surface area contributed by atoms with Gasteiger partial charge in [0, 0.05) is 45.3 Å². The van der Waals surface area contributed by atoms with E-state index in [0.29, 0.717) is 24.6 Å². The molecule has 28 heavy (non-hydrogen) atoms. The van der Waals surface area contributed by atoms with Crippen LogP contribution in [0.15, 0.2) is 40.2 Å². The Bertz CT molecular complexity index is 658. The first-order valence-corrected chi connectivity index (χ1v) is 11.0. The largest absolute Gasteiger partial charge is 0.356 e. The van der Waals surface area contributed by atoms with Gasteiger partial charge in [-0.1, -0.05) is 18.2 Å². The fourth-order valence-corrected chi connectivity index (χ4v) is 3.90. The quantitative estimate of drug-likeness (QED) is 0.179. The van der Waals surface area contributed by atoms with Crippen molar-refractivity contribution in [1.29, 1.82) is 0 Å². The second-order valence-corrected chi connectivity index (χ2v) is 8.68. The number of benzene rings is 1. The Morgan fingerprint density at radius 3 is 2.11 bits per heavy atom. The molecule has 0 aliphatic rings. The number of hydrogen-bond acceptors (Lipinski definition) is 4. The maximum atomic E-state index is 12.1. The van der Waals surface area contributed by atoms with Crippen molar-refractivity contribution in [3.63, 3.8) is 0 Å². The molecule has 0 unspecified atom stereocenters. The lowest BCUT2D eigenvalue weighted by molar-refractivity contribution is 0.173. The molecule has 0 saturated heterocycles. The van der Waals surface area contributed by atoms with Gasteiger partial charge in [-0.05, 0) is 46.2 Å². The Balaban J connectivity index is 0.00000729. The molecular weight excluding hydrogens is 489 g/mol. The summed E-state index contributed by atoms with van der Waals surface area (Å²) in [5.41, 5.74) is 0. The maximum absolute atomic E-state index is 12.1. The zero-order valence-corrected chi connectivity index (χ0v) is 20.8. The van der Waals surface area contributed by atoms with Crippen LogP contribution in [0.4, 0.5) is 0 Å². The van der Waals surface area contributed by atoms with Gasteiger partial charge in [0.05, 0.1) is 4.90 Å². The molecule has 0 heterocycles. The van der Waals surface area contributed by atoms with E-state index in [4.69, 9.17) is 0 Å². The summed E-state index contributed by atoms with van der Waals surface area (Å²) in [7, 11) is -1.76. The third kappa shape index (κ3) is 10.0. The summed E-state index contributed by atoms with van der Waals surface area (Å²) in [5.74, 6) is 0.676. The molecule has 0 saturated carbocycles. The molecule has 0 aliphatic heterocycles. The van der Waals surface area contributed by atoms with Gasteiger partial charge in [-0.2, -0.15) is 0 Å². The van der Waals surface area contributed by atoms with Crippen LogP contribution in [0.1, 0.15) is 34.1 Å². The fraction of sp³-hybridized carbons (Fsp3) is 0.632. The lowest BCUT2D eigenvalue weighted by Gasteiger charge is -2.30. The first kappa shape index (κ1) is 27.1. The molecule has 162 valence electrons. The van der Waals surface area contributed by atoms with Crippen LogP contribution in [0, 0.1) is 0 Å². The van der Waals surface area contributed by atoms with Gasteiger partial charge in [-0.3, -0.25) is 9.89 Å². The van der Waals surface area contributed by atoms with Gasteiger partial charge in [-0.25, -0.2) is 13.1 Å². The molecule has 7 nitrogen and oxygen atoms in total. The van der Waals surface area contributed by atoms with Gasteiger partial charge in [0.2, 0.25) is 10.0 Å². The lowest BCUT2D eigenvalue weighted by Crippen LogP contribution is -2.43. The highest BCUT2D eigenvalue weighted by Crippen LogP contribution is 2.06. The van der Waals surface area contributed by atoms with Crippen molar-refractivity contribution in [3.05, 3.63) is 30.3 Å². The van der Waals surface area contributed by atoms with Crippen molar-refractivity contribution >= 4 is 40.0 Å². The molecule has 1 aromatic rings. The van der Waals surface area contributed by atoms with Crippen LogP contribution >= 0.6 is 24.0 Å². The average Bonchev–Trinajstić information content (AvgIpc) is 2.63. The highest BCUT2D eigenvalue weighted by atomic mass is 127. The first-order valence-electron chi connectivity index (χ1n) is 9.53. The van der Waals surface area contributed by atoms with E-state index >= 15 is 0 Å². The molecule has 3 N–H and O–H groups in total. The van der Waals surface area contributed by atoms with Crippen molar-refractivity contribution in [1.82, 2.24) is 20.3 Å². The summed E-state index contributed by atoms with van der Waals surface area (Å²) in [6.07, 6.45) is 1.01. The Morgan fingerprint density at radius 2 is 1.57 bits per heavy atom. The minimum absolute atomic E-state index is 0. The summed E-state index contributed by atoms with van der Waals surface area (Å²) in [6, 6.07) is 9.41. The Labute approximate surface area is 187 Å². The summed E-state index contributed by atoms with van der Waals surface area (Å²) in [4.78, 5) is 6.90. The summed E-state index contributed by atoms with van der Waals surface area (Å²) >= 11 is 0. The van der Waals surface area contributed by atoms with E-state index in [1.165, 1.54) is 0 Å².